The molecule has 6 heteroatoms. The van der Waals surface area contributed by atoms with E-state index in [2.05, 4.69) is 4.72 Å². The van der Waals surface area contributed by atoms with Crippen molar-refractivity contribution >= 4 is 10.0 Å². The molecule has 0 amide bonds. The molecular weight excluding hydrogens is 264 g/mol. The first-order valence-corrected chi connectivity index (χ1v) is 8.02. The Labute approximate surface area is 114 Å². The number of nitrogens with two attached hydrogens (primary N) is 1. The van der Waals surface area contributed by atoms with Crippen molar-refractivity contribution in [1.82, 2.24) is 4.72 Å². The van der Waals surface area contributed by atoms with Crippen LogP contribution in [0.15, 0.2) is 24.3 Å². The Morgan fingerprint density at radius 1 is 1.47 bits per heavy atom. The summed E-state index contributed by atoms with van der Waals surface area (Å²) in [5.41, 5.74) is 6.32. The van der Waals surface area contributed by atoms with Crippen molar-refractivity contribution in [3.8, 4) is 5.75 Å². The van der Waals surface area contributed by atoms with E-state index in [1.165, 1.54) is 0 Å². The Balaban J connectivity index is 2.03. The Morgan fingerprint density at radius 3 is 2.79 bits per heavy atom. The van der Waals surface area contributed by atoms with Gasteiger partial charge in [0.25, 0.3) is 0 Å². The topological polar surface area (TPSA) is 81.4 Å². The van der Waals surface area contributed by atoms with Crippen LogP contribution in [0.5, 0.6) is 5.75 Å². The second-order valence-electron chi connectivity index (χ2n) is 4.91. The second kappa shape index (κ2) is 5.90. The third kappa shape index (κ3) is 4.19. The molecule has 1 unspecified atom stereocenters. The molecule has 106 valence electrons. The lowest BCUT2D eigenvalue weighted by Gasteiger charge is -2.16. The van der Waals surface area contributed by atoms with Crippen LogP contribution in [0.3, 0.4) is 0 Å². The summed E-state index contributed by atoms with van der Waals surface area (Å²) in [5.74, 6) is 1.02. The zero-order valence-electron chi connectivity index (χ0n) is 11.0. The van der Waals surface area contributed by atoms with Crippen LogP contribution in [0.25, 0.3) is 0 Å². The van der Waals surface area contributed by atoms with E-state index in [-0.39, 0.29) is 11.8 Å². The van der Waals surface area contributed by atoms with Gasteiger partial charge < -0.3 is 10.5 Å². The zero-order valence-corrected chi connectivity index (χ0v) is 11.8. The highest BCUT2D eigenvalue weighted by atomic mass is 32.2. The lowest BCUT2D eigenvalue weighted by Crippen LogP contribution is -2.42. The Morgan fingerprint density at radius 2 is 2.21 bits per heavy atom. The molecule has 1 aromatic carbocycles. The first-order chi connectivity index (χ1) is 9.04. The molecule has 0 spiro atoms. The highest BCUT2D eigenvalue weighted by Crippen LogP contribution is 2.32. The summed E-state index contributed by atoms with van der Waals surface area (Å²) in [6.45, 7) is 0.349. The van der Waals surface area contributed by atoms with E-state index < -0.39 is 10.0 Å². The molecule has 1 atom stereocenters. The van der Waals surface area contributed by atoms with Gasteiger partial charge in [-0.1, -0.05) is 12.1 Å². The number of rotatable bonds is 7. The van der Waals surface area contributed by atoms with Crippen molar-refractivity contribution in [2.24, 2.45) is 11.7 Å². The maximum absolute atomic E-state index is 12.1. The van der Waals surface area contributed by atoms with Crippen LogP contribution >= 0.6 is 0 Å². The molecule has 0 bridgehead atoms. The van der Waals surface area contributed by atoms with E-state index >= 15 is 0 Å². The first kappa shape index (κ1) is 14.3. The fourth-order valence-electron chi connectivity index (χ4n) is 2.09. The normalized spacial score (nSPS) is 17.2. The number of benzene rings is 1. The zero-order chi connectivity index (χ0) is 13.9. The summed E-state index contributed by atoms with van der Waals surface area (Å²) in [7, 11) is -1.80. The fourth-order valence-corrected chi connectivity index (χ4v) is 3.54. The van der Waals surface area contributed by atoms with Crippen molar-refractivity contribution in [3.05, 3.63) is 29.8 Å². The fraction of sp³-hybridized carbons (Fsp3) is 0.538. The van der Waals surface area contributed by atoms with Gasteiger partial charge in [-0.3, -0.25) is 0 Å². The predicted octanol–water partition coefficient (Wildman–Crippen LogP) is 0.852. The highest BCUT2D eigenvalue weighted by molar-refractivity contribution is 7.88. The summed E-state index contributed by atoms with van der Waals surface area (Å²) in [5, 5.41) is 0. The summed E-state index contributed by atoms with van der Waals surface area (Å²) < 4.78 is 32.0. The minimum absolute atomic E-state index is 0.0482. The van der Waals surface area contributed by atoms with E-state index in [1.54, 1.807) is 31.4 Å². The van der Waals surface area contributed by atoms with Crippen LogP contribution in [-0.4, -0.2) is 28.1 Å². The monoisotopic (exact) mass is 284 g/mol. The minimum Gasteiger partial charge on any atom is -0.497 e. The minimum atomic E-state index is -3.36. The number of hydrogen-bond donors (Lipinski definition) is 2. The molecule has 1 fully saturated rings. The predicted molar refractivity (Wildman–Crippen MR) is 74.3 cm³/mol. The van der Waals surface area contributed by atoms with Crippen molar-refractivity contribution in [1.29, 1.82) is 0 Å². The van der Waals surface area contributed by atoms with E-state index in [0.29, 0.717) is 23.8 Å². The second-order valence-corrected chi connectivity index (χ2v) is 6.66. The van der Waals surface area contributed by atoms with Gasteiger partial charge in [0.1, 0.15) is 5.75 Å². The highest BCUT2D eigenvalue weighted by Gasteiger charge is 2.32. The van der Waals surface area contributed by atoms with Crippen molar-refractivity contribution in [2.75, 3.05) is 13.7 Å². The molecule has 0 saturated heterocycles. The van der Waals surface area contributed by atoms with Gasteiger partial charge in [-0.2, -0.15) is 0 Å². The van der Waals surface area contributed by atoms with Crippen molar-refractivity contribution < 1.29 is 13.2 Å². The van der Waals surface area contributed by atoms with Gasteiger partial charge >= 0.3 is 0 Å². The van der Waals surface area contributed by atoms with Gasteiger partial charge in [-0.05, 0) is 36.5 Å². The molecule has 0 radical (unpaired) electrons. The third-order valence-corrected chi connectivity index (χ3v) is 4.64. The van der Waals surface area contributed by atoms with Crippen molar-refractivity contribution in [3.63, 3.8) is 0 Å². The molecule has 0 heterocycles. The van der Waals surface area contributed by atoms with Gasteiger partial charge in [0.05, 0.1) is 12.9 Å². The summed E-state index contributed by atoms with van der Waals surface area (Å²) in [6.07, 6.45) is 2.12. The van der Waals surface area contributed by atoms with Crippen molar-refractivity contribution in [2.45, 2.75) is 24.6 Å². The van der Waals surface area contributed by atoms with Gasteiger partial charge in [-0.15, -0.1) is 0 Å². The summed E-state index contributed by atoms with van der Waals surface area (Å²) >= 11 is 0. The summed E-state index contributed by atoms with van der Waals surface area (Å²) in [6, 6.07) is 6.95. The van der Waals surface area contributed by atoms with Crippen LogP contribution < -0.4 is 15.2 Å². The number of methoxy groups -OCH3 is 1. The third-order valence-electron chi connectivity index (χ3n) is 3.27. The molecule has 0 aliphatic heterocycles. The Bertz CT molecular complexity index is 526. The van der Waals surface area contributed by atoms with E-state index in [4.69, 9.17) is 10.5 Å². The standard InChI is InChI=1S/C13H20N2O3S/c1-18-12-4-2-3-10(7-12)9-19(16,17)15-13(8-14)11-5-6-11/h2-4,7,11,13,15H,5-6,8-9,14H2,1H3. The molecule has 1 aliphatic rings. The number of nitrogens with one attached hydrogen (secondary N) is 1. The average molecular weight is 284 g/mol. The molecule has 2 rings (SSSR count). The van der Waals surface area contributed by atoms with Gasteiger partial charge in [0.2, 0.25) is 10.0 Å². The van der Waals surface area contributed by atoms with Crippen LogP contribution in [0.2, 0.25) is 0 Å². The number of sulfonamides is 1. The maximum atomic E-state index is 12.1. The summed E-state index contributed by atoms with van der Waals surface area (Å²) in [4.78, 5) is 0. The molecule has 1 aromatic rings. The van der Waals surface area contributed by atoms with E-state index in [1.807, 2.05) is 0 Å². The van der Waals surface area contributed by atoms with Gasteiger partial charge in [0.15, 0.2) is 0 Å². The number of hydrogen-bond acceptors (Lipinski definition) is 4. The Kier molecular flexibility index (Phi) is 4.44. The molecule has 1 aliphatic carbocycles. The van der Waals surface area contributed by atoms with Crippen LogP contribution in [0.4, 0.5) is 0 Å². The molecule has 1 saturated carbocycles. The first-order valence-electron chi connectivity index (χ1n) is 6.37. The average Bonchev–Trinajstić information content (AvgIpc) is 3.20. The van der Waals surface area contributed by atoms with Crippen LogP contribution in [0, 0.1) is 5.92 Å². The molecule has 3 N–H and O–H groups in total. The largest absolute Gasteiger partial charge is 0.497 e. The molecule has 0 aromatic heterocycles. The maximum Gasteiger partial charge on any atom is 0.216 e. The molecule has 5 nitrogen and oxygen atoms in total. The van der Waals surface area contributed by atoms with E-state index in [9.17, 15) is 8.42 Å². The number of ether oxygens (including phenoxy) is 1. The lowest BCUT2D eigenvalue weighted by molar-refractivity contribution is 0.414. The van der Waals surface area contributed by atoms with E-state index in [0.717, 1.165) is 12.8 Å². The SMILES string of the molecule is COc1cccc(CS(=O)(=O)NC(CN)C2CC2)c1. The lowest BCUT2D eigenvalue weighted by atomic mass is 10.2. The smallest absolute Gasteiger partial charge is 0.216 e. The quantitative estimate of drug-likeness (QED) is 0.778. The Hall–Kier alpha value is -1.11. The van der Waals surface area contributed by atoms with Gasteiger partial charge in [-0.25, -0.2) is 13.1 Å². The van der Waals surface area contributed by atoms with Gasteiger partial charge in [0, 0.05) is 12.6 Å². The molecule has 19 heavy (non-hydrogen) atoms. The molecular formula is C13H20N2O3S. The van der Waals surface area contributed by atoms with Crippen LogP contribution in [-0.2, 0) is 15.8 Å². The van der Waals surface area contributed by atoms with Crippen LogP contribution in [0.1, 0.15) is 18.4 Å².